The van der Waals surface area contributed by atoms with Gasteiger partial charge in [0, 0.05) is 36.6 Å². The van der Waals surface area contributed by atoms with Crippen LogP contribution in [0, 0.1) is 5.92 Å². The van der Waals surface area contributed by atoms with Crippen molar-refractivity contribution in [1.82, 2.24) is 24.6 Å². The second kappa shape index (κ2) is 7.85. The van der Waals surface area contributed by atoms with Crippen LogP contribution in [0.5, 0.6) is 0 Å². The maximum absolute atomic E-state index is 13.0. The van der Waals surface area contributed by atoms with Gasteiger partial charge in [-0.1, -0.05) is 24.6 Å². The first-order valence-corrected chi connectivity index (χ1v) is 11.6. The summed E-state index contributed by atoms with van der Waals surface area (Å²) < 4.78 is 2.22. The Hall–Kier alpha value is -1.89. The normalized spacial score (nSPS) is 24.8. The molecule has 2 saturated carbocycles. The number of carbonyl (C=O) groups is 1. The predicted octanol–water partition coefficient (Wildman–Crippen LogP) is 3.95. The van der Waals surface area contributed by atoms with Crippen molar-refractivity contribution < 1.29 is 4.79 Å². The number of amides is 1. The quantitative estimate of drug-likeness (QED) is 0.715. The predicted molar refractivity (Wildman–Crippen MR) is 109 cm³/mol. The smallest absolute Gasteiger partial charge is 0.233 e. The van der Waals surface area contributed by atoms with E-state index in [0.717, 1.165) is 48.3 Å². The fraction of sp³-hybridized carbons (Fsp3) is 0.619. The Labute approximate surface area is 170 Å². The number of hydrogen-bond donors (Lipinski definition) is 0. The van der Waals surface area contributed by atoms with Crippen molar-refractivity contribution in [2.75, 3.05) is 12.3 Å². The maximum Gasteiger partial charge on any atom is 0.233 e. The maximum atomic E-state index is 13.0. The highest BCUT2D eigenvalue weighted by Gasteiger charge is 2.36. The summed E-state index contributed by atoms with van der Waals surface area (Å²) in [6, 6.07) is 4.88. The molecule has 0 bridgehead atoms. The van der Waals surface area contributed by atoms with Gasteiger partial charge in [0.2, 0.25) is 5.91 Å². The van der Waals surface area contributed by atoms with Crippen molar-refractivity contribution in [3.8, 4) is 11.4 Å². The molecule has 2 aliphatic carbocycles. The molecule has 148 valence electrons. The molecule has 2 aromatic rings. The van der Waals surface area contributed by atoms with Gasteiger partial charge < -0.3 is 4.90 Å². The highest BCUT2D eigenvalue weighted by Crippen LogP contribution is 2.41. The van der Waals surface area contributed by atoms with Crippen LogP contribution in [0.15, 0.2) is 29.7 Å². The molecular formula is C21H27N5OS. The van der Waals surface area contributed by atoms with Crippen LogP contribution in [0.3, 0.4) is 0 Å². The monoisotopic (exact) mass is 397 g/mol. The summed E-state index contributed by atoms with van der Waals surface area (Å²) in [5.41, 5.74) is 0.987. The zero-order valence-corrected chi connectivity index (χ0v) is 17.0. The largest absolute Gasteiger partial charge is 0.339 e. The molecule has 0 spiro atoms. The number of aromatic nitrogens is 4. The number of piperidine rings is 1. The number of pyridine rings is 1. The van der Waals surface area contributed by atoms with E-state index < -0.39 is 0 Å². The lowest BCUT2D eigenvalue weighted by Gasteiger charge is -2.44. The highest BCUT2D eigenvalue weighted by molar-refractivity contribution is 7.99. The molecular weight excluding hydrogens is 370 g/mol. The average Bonchev–Trinajstić information content (AvgIpc) is 3.51. The molecule has 2 atom stereocenters. The second-order valence-electron chi connectivity index (χ2n) is 8.28. The van der Waals surface area contributed by atoms with Crippen molar-refractivity contribution in [1.29, 1.82) is 0 Å². The number of fused-ring (bicyclic) bond motifs is 1. The standard InChI is InChI=1S/C21H27N5OS/c27-19(25-12-4-7-15-5-1-2-8-18(15)25)14-28-21-24-23-20(26(21)17-9-10-17)16-6-3-11-22-13-16/h3,6,11,13,15,17-18H,1-2,4-5,7-10,12,14H2/t15-,18+/m1/s1. The van der Waals surface area contributed by atoms with E-state index in [4.69, 9.17) is 0 Å². The molecule has 1 saturated heterocycles. The lowest BCUT2D eigenvalue weighted by molar-refractivity contribution is -0.134. The van der Waals surface area contributed by atoms with Gasteiger partial charge in [0.05, 0.1) is 5.75 Å². The number of rotatable bonds is 5. The van der Waals surface area contributed by atoms with Gasteiger partial charge in [-0.3, -0.25) is 14.3 Å². The Kier molecular flexibility index (Phi) is 5.09. The van der Waals surface area contributed by atoms with Crippen LogP contribution in [-0.4, -0.2) is 48.9 Å². The zero-order chi connectivity index (χ0) is 18.9. The van der Waals surface area contributed by atoms with Crippen LogP contribution >= 0.6 is 11.8 Å². The SMILES string of the molecule is O=C(CSc1nnc(-c2cccnc2)n1C1CC1)N1CCC[C@H]2CCCC[C@@H]21. The topological polar surface area (TPSA) is 63.9 Å². The molecule has 6 nitrogen and oxygen atoms in total. The van der Waals surface area contributed by atoms with Gasteiger partial charge in [0.15, 0.2) is 11.0 Å². The summed E-state index contributed by atoms with van der Waals surface area (Å²) in [6.07, 6.45) is 13.4. The summed E-state index contributed by atoms with van der Waals surface area (Å²) in [4.78, 5) is 19.4. The zero-order valence-electron chi connectivity index (χ0n) is 16.2. The fourth-order valence-electron chi connectivity index (χ4n) is 4.87. The van der Waals surface area contributed by atoms with Gasteiger partial charge >= 0.3 is 0 Å². The third-order valence-corrected chi connectivity index (χ3v) is 7.31. The van der Waals surface area contributed by atoms with Gasteiger partial charge in [0.1, 0.15) is 0 Å². The minimum atomic E-state index is 0.273. The Morgan fingerprint density at radius 1 is 1.11 bits per heavy atom. The lowest BCUT2D eigenvalue weighted by atomic mass is 9.78. The molecule has 5 rings (SSSR count). The summed E-state index contributed by atoms with van der Waals surface area (Å²) in [7, 11) is 0. The third kappa shape index (κ3) is 3.56. The number of hydrogen-bond acceptors (Lipinski definition) is 5. The molecule has 0 unspecified atom stereocenters. The molecule has 1 aliphatic heterocycles. The summed E-state index contributed by atoms with van der Waals surface area (Å²) in [6.45, 7) is 0.927. The summed E-state index contributed by atoms with van der Waals surface area (Å²) >= 11 is 1.55. The van der Waals surface area contributed by atoms with Crippen molar-refractivity contribution in [3.63, 3.8) is 0 Å². The first-order valence-electron chi connectivity index (χ1n) is 10.6. The van der Waals surface area contributed by atoms with Gasteiger partial charge in [-0.25, -0.2) is 0 Å². The number of nitrogens with zero attached hydrogens (tertiary/aromatic N) is 5. The van der Waals surface area contributed by atoms with Crippen molar-refractivity contribution in [3.05, 3.63) is 24.5 Å². The van der Waals surface area contributed by atoms with E-state index in [1.807, 2.05) is 18.3 Å². The molecule has 1 amide bonds. The van der Waals surface area contributed by atoms with Gasteiger partial charge in [-0.05, 0) is 56.6 Å². The van der Waals surface area contributed by atoms with Crippen LogP contribution in [0.25, 0.3) is 11.4 Å². The van der Waals surface area contributed by atoms with Crippen LogP contribution < -0.4 is 0 Å². The molecule has 3 heterocycles. The summed E-state index contributed by atoms with van der Waals surface area (Å²) in [5, 5.41) is 9.73. The van der Waals surface area contributed by atoms with Crippen molar-refractivity contribution in [2.24, 2.45) is 5.92 Å². The van der Waals surface area contributed by atoms with E-state index in [2.05, 4.69) is 24.6 Å². The number of thioether (sulfide) groups is 1. The molecule has 0 radical (unpaired) electrons. The van der Waals surface area contributed by atoms with Gasteiger partial charge in [-0.15, -0.1) is 10.2 Å². The van der Waals surface area contributed by atoms with Crippen LogP contribution in [0.2, 0.25) is 0 Å². The Morgan fingerprint density at radius 3 is 2.79 bits per heavy atom. The van der Waals surface area contributed by atoms with Crippen LogP contribution in [0.4, 0.5) is 0 Å². The van der Waals surface area contributed by atoms with Crippen molar-refractivity contribution >= 4 is 17.7 Å². The molecule has 7 heteroatoms. The van der Waals surface area contributed by atoms with Crippen molar-refractivity contribution in [2.45, 2.75) is 68.6 Å². The molecule has 28 heavy (non-hydrogen) atoms. The molecule has 0 N–H and O–H groups in total. The molecule has 0 aromatic carbocycles. The van der Waals surface area contributed by atoms with E-state index in [0.29, 0.717) is 17.8 Å². The fourth-order valence-corrected chi connectivity index (χ4v) is 5.76. The number of likely N-dealkylation sites (tertiary alicyclic amines) is 1. The minimum Gasteiger partial charge on any atom is -0.339 e. The lowest BCUT2D eigenvalue weighted by Crippen LogP contribution is -2.50. The highest BCUT2D eigenvalue weighted by atomic mass is 32.2. The average molecular weight is 398 g/mol. The first kappa shape index (κ1) is 18.2. The summed E-state index contributed by atoms with van der Waals surface area (Å²) in [5.74, 6) is 2.33. The van der Waals surface area contributed by atoms with Crippen LogP contribution in [0.1, 0.15) is 57.4 Å². The van der Waals surface area contributed by atoms with E-state index in [1.54, 1.807) is 18.0 Å². The first-order chi connectivity index (χ1) is 13.8. The Morgan fingerprint density at radius 2 is 1.96 bits per heavy atom. The van der Waals surface area contributed by atoms with Crippen LogP contribution in [-0.2, 0) is 4.79 Å². The second-order valence-corrected chi connectivity index (χ2v) is 9.22. The van der Waals surface area contributed by atoms with E-state index >= 15 is 0 Å². The minimum absolute atomic E-state index is 0.273. The van der Waals surface area contributed by atoms with E-state index in [9.17, 15) is 4.79 Å². The number of carbonyl (C=O) groups excluding carboxylic acids is 1. The molecule has 2 aromatic heterocycles. The molecule has 3 aliphatic rings. The third-order valence-electron chi connectivity index (χ3n) is 6.38. The Balaban J connectivity index is 1.30. The Bertz CT molecular complexity index is 833. The van der Waals surface area contributed by atoms with E-state index in [-0.39, 0.29) is 5.91 Å². The van der Waals surface area contributed by atoms with E-state index in [1.165, 1.54) is 32.1 Å². The molecule has 3 fully saturated rings. The van der Waals surface area contributed by atoms with Gasteiger partial charge in [-0.2, -0.15) is 0 Å². The van der Waals surface area contributed by atoms with Gasteiger partial charge in [0.25, 0.3) is 0 Å².